The van der Waals surface area contributed by atoms with Crippen molar-refractivity contribution in [2.75, 3.05) is 0 Å². The Labute approximate surface area is 871 Å². The molecule has 10 aromatic carbocycles. The van der Waals surface area contributed by atoms with Crippen LogP contribution < -0.4 is 145 Å². The zero-order valence-electron chi connectivity index (χ0n) is 90.5. The van der Waals surface area contributed by atoms with E-state index < -0.39 is 0 Å². The topological polar surface area (TPSA) is 185 Å². The first-order chi connectivity index (χ1) is 60.3. The third kappa shape index (κ3) is 35.1. The molecule has 15 heteroatoms. The van der Waals surface area contributed by atoms with Crippen LogP contribution in [-0.4, -0.2) is 31.1 Å². The number of para-hydroxylation sites is 2. The standard InChI is InChI=1S/C26H37NO.C25H33NO.C25H35NO.C23H31NO.C20H25NO.5Li/c1-16(2)20-12-22(17(3)4)25(23(13-20)18(5)6)27-15-19-10-11-21(14-24(19)28)26(7,8)9;1-17(2)22-11-8-12-23(18(3)4)25(22)26-16-21-15-20(13-14-24(21)27)19-9-6-5-7-10-19;1-15(2)19-9-10-24(27)21(11-19)14-26-25-22(17(5)6)12-20(16(3)4)13-23(25)18(7)8;1-15(2)19-9-8-10-20(16(3)4)22(19)24-14-17-13-18(23(5,6)7)11-12-21(17)25;1-13-9-14(2)19(15(3)10-13)21-12-16-11-17(20(4,5)6)7-8-18(16)22;;;;;/h10-18,28H,1-9H3;8,11-19,27H,5-7,9-10H2,1-4H3;9-18,27H,1-8H3;8-16,25H,1-7H3;7-12,22H,1-6H3;;;;;/q;;;;;5*+1. The van der Waals surface area contributed by atoms with E-state index in [1.54, 1.807) is 30.3 Å². The number of hydrogen-bond donors (Lipinski definition) is 5. The summed E-state index contributed by atoms with van der Waals surface area (Å²) in [6.07, 6.45) is 15.8. The van der Waals surface area contributed by atoms with Crippen LogP contribution in [-0.2, 0) is 16.2 Å². The van der Waals surface area contributed by atoms with E-state index in [1.807, 2.05) is 79.6 Å². The second kappa shape index (κ2) is 55.4. The summed E-state index contributed by atoms with van der Waals surface area (Å²) in [7, 11) is 0. The third-order valence-corrected chi connectivity index (χ3v) is 25.0. The van der Waals surface area contributed by atoms with Crippen LogP contribution in [0.2, 0.25) is 0 Å². The quantitative estimate of drug-likeness (QED) is 0.0355. The van der Waals surface area contributed by atoms with Crippen LogP contribution in [0.1, 0.15) is 446 Å². The molecule has 1 aliphatic carbocycles. The average Bonchev–Trinajstić information content (AvgIpc) is 0.789. The molecule has 0 bridgehead atoms. The molecule has 10 nitrogen and oxygen atoms in total. The average molecular weight is 1780 g/mol. The van der Waals surface area contributed by atoms with Crippen molar-refractivity contribution in [3.8, 4) is 28.7 Å². The molecule has 0 aliphatic heterocycles. The van der Waals surface area contributed by atoms with Gasteiger partial charge in [-0.15, -0.1) is 0 Å². The molecule has 11 rings (SSSR count). The second-order valence-corrected chi connectivity index (χ2v) is 42.6. The van der Waals surface area contributed by atoms with Gasteiger partial charge in [0.25, 0.3) is 0 Å². The fraction of sp³-hybridized carbons (Fsp3) is 0.454. The molecule has 10 aromatic rings. The Balaban J connectivity index is 0.000000563. The van der Waals surface area contributed by atoms with Gasteiger partial charge in [-0.2, -0.15) is 0 Å². The number of aryl methyl sites for hydroxylation is 3. The smallest absolute Gasteiger partial charge is 0.872 e. The molecule has 0 unspecified atom stereocenters. The molecular formula is C119H161Li5N5O5+5. The third-order valence-electron chi connectivity index (χ3n) is 25.0. The van der Waals surface area contributed by atoms with E-state index in [0.29, 0.717) is 87.7 Å². The second-order valence-electron chi connectivity index (χ2n) is 42.6. The molecule has 1 fully saturated rings. The monoisotopic (exact) mass is 1780 g/mol. The van der Waals surface area contributed by atoms with Crippen molar-refractivity contribution in [2.24, 2.45) is 0 Å². The number of benzene rings is 10. The summed E-state index contributed by atoms with van der Waals surface area (Å²) in [5, 5.41) is 61.7. The number of rotatable bonds is 22. The van der Waals surface area contributed by atoms with Gasteiger partial charge in [-0.1, -0.05) is 365 Å². The molecule has 134 heavy (non-hydrogen) atoms. The molecule has 692 valence electrons. The van der Waals surface area contributed by atoms with E-state index >= 15 is 0 Å². The Kier molecular flexibility index (Phi) is 50.6. The van der Waals surface area contributed by atoms with Gasteiger partial charge in [-0.05, 0) is 227 Å². The van der Waals surface area contributed by atoms with E-state index in [-0.39, 0.29) is 139 Å². The van der Waals surface area contributed by atoms with Crippen molar-refractivity contribution in [1.29, 1.82) is 0 Å². The van der Waals surface area contributed by atoms with Gasteiger partial charge in [0.05, 0.1) is 0 Å². The van der Waals surface area contributed by atoms with Crippen LogP contribution in [0.15, 0.2) is 164 Å². The molecule has 0 saturated heterocycles. The van der Waals surface area contributed by atoms with Gasteiger partial charge in [-0.3, -0.25) is 0 Å². The molecule has 1 aliphatic rings. The van der Waals surface area contributed by atoms with E-state index in [0.717, 1.165) is 50.7 Å². The minimum atomic E-state index is -0.0204. The minimum absolute atomic E-state index is 0. The van der Waals surface area contributed by atoms with E-state index in [9.17, 15) is 25.5 Å². The van der Waals surface area contributed by atoms with Gasteiger partial charge < -0.3 is 25.5 Å². The Bertz CT molecular complexity index is 5420. The first-order valence-electron chi connectivity index (χ1n) is 48.0. The van der Waals surface area contributed by atoms with Crippen LogP contribution in [0.4, 0.5) is 28.4 Å². The van der Waals surface area contributed by atoms with E-state index in [2.05, 4.69) is 345 Å². The van der Waals surface area contributed by atoms with Crippen molar-refractivity contribution < 1.29 is 145 Å². The molecular weight excluding hydrogens is 1610 g/mol. The van der Waals surface area contributed by atoms with Gasteiger partial charge in [0, 0.05) is 83.5 Å². The van der Waals surface area contributed by atoms with Crippen molar-refractivity contribution in [2.45, 2.75) is 355 Å². The summed E-state index contributed by atoms with van der Waals surface area (Å²) < 4.78 is 0. The predicted molar refractivity (Wildman–Crippen MR) is 542 cm³/mol. The summed E-state index contributed by atoms with van der Waals surface area (Å²) in [5.41, 5.74) is 32.0. The maximum atomic E-state index is 12.6. The van der Waals surface area contributed by atoms with Crippen molar-refractivity contribution in [1.82, 2.24) is 0 Å². The van der Waals surface area contributed by atoms with Gasteiger partial charge in [0.1, 0.15) is 0 Å². The molecule has 0 atom stereocenters. The molecule has 0 aromatic heterocycles. The summed E-state index contributed by atoms with van der Waals surface area (Å²) in [6.45, 7) is 74.3. The first kappa shape index (κ1) is 123. The molecule has 1 saturated carbocycles. The van der Waals surface area contributed by atoms with Crippen LogP contribution in [0, 0.1) is 20.8 Å². The maximum absolute atomic E-state index is 12.6. The molecule has 0 heterocycles. The normalized spacial score (nSPS) is 12.7. The van der Waals surface area contributed by atoms with Gasteiger partial charge in [0.2, 0.25) is 28.4 Å². The first-order valence-corrected chi connectivity index (χ1v) is 48.0. The van der Waals surface area contributed by atoms with E-state index in [1.165, 1.54) is 121 Å². The fourth-order valence-corrected chi connectivity index (χ4v) is 16.6. The Morgan fingerprint density at radius 2 is 0.522 bits per heavy atom. The van der Waals surface area contributed by atoms with Crippen molar-refractivity contribution in [3.63, 3.8) is 0 Å². The summed E-state index contributed by atoms with van der Waals surface area (Å²) in [6, 6.07) is 54.9. The molecule has 0 spiro atoms. The minimum Gasteiger partial charge on any atom is -0.872 e. The van der Waals surface area contributed by atoms with Crippen LogP contribution in [0.25, 0.3) is 0 Å². The van der Waals surface area contributed by atoms with Crippen LogP contribution in [0.3, 0.4) is 0 Å². The zero-order chi connectivity index (χ0) is 96.2. The predicted octanol–water partition coefficient (Wildman–Crippen LogP) is 7.20. The SMILES string of the molecule is CC(C)c1cc(C(C)C)c([NH+]=Cc2ccc(C(C)(C)C)cc2[O-])c(C(C)C)c1.CC(C)c1ccc([O-])c(C=[NH+]c2c(C(C)C)cc(C(C)C)cc2C(C)C)c1.CC(C)c1cccc(C(C)C)c1[NH+]=Cc1cc(C(C)(C)C)ccc1[O-].CC(C)c1cccc(C(C)C)c1[NH+]=Cc1cc(C2CCCCC2)ccc1[O-].Cc1cc(C)c([NH+]=Cc2cc(C(C)(C)C)ccc2[O-])c(C)c1.[Li+].[Li+].[Li+].[Li+].[Li+]. The van der Waals surface area contributed by atoms with Crippen LogP contribution in [0.5, 0.6) is 28.7 Å². The van der Waals surface area contributed by atoms with Gasteiger partial charge in [0.15, 0.2) is 31.1 Å². The summed E-state index contributed by atoms with van der Waals surface area (Å²) in [4.78, 5) is 17.3. The van der Waals surface area contributed by atoms with Gasteiger partial charge in [-0.25, -0.2) is 25.0 Å². The zero-order valence-corrected chi connectivity index (χ0v) is 90.5. The maximum Gasteiger partial charge on any atom is 1.00 e. The molecule has 5 N–H and O–H groups in total. The van der Waals surface area contributed by atoms with Crippen LogP contribution >= 0.6 is 0 Å². The largest absolute Gasteiger partial charge is 1.00 e. The summed E-state index contributed by atoms with van der Waals surface area (Å²) >= 11 is 0. The van der Waals surface area contributed by atoms with Crippen molar-refractivity contribution >= 4 is 59.5 Å². The number of hydrogen-bond acceptors (Lipinski definition) is 5. The molecule has 0 amide bonds. The molecule has 0 radical (unpaired) electrons. The Morgan fingerprint density at radius 3 is 0.828 bits per heavy atom. The Morgan fingerprint density at radius 1 is 0.254 bits per heavy atom. The Hall–Kier alpha value is -7.46. The number of nitrogens with one attached hydrogen (secondary N) is 5. The summed E-state index contributed by atoms with van der Waals surface area (Å²) in [5.74, 6) is 5.64. The van der Waals surface area contributed by atoms with E-state index in [4.69, 9.17) is 0 Å². The van der Waals surface area contributed by atoms with Gasteiger partial charge >= 0.3 is 94.3 Å². The fourth-order valence-electron chi connectivity index (χ4n) is 16.6. The van der Waals surface area contributed by atoms with Crippen molar-refractivity contribution in [3.05, 3.63) is 292 Å².